The predicted octanol–water partition coefficient (Wildman–Crippen LogP) is 2.59. The highest BCUT2D eigenvalue weighted by atomic mass is 19.1. The van der Waals surface area contributed by atoms with Crippen molar-refractivity contribution in [2.75, 3.05) is 6.61 Å². The van der Waals surface area contributed by atoms with Gasteiger partial charge in [-0.25, -0.2) is 14.3 Å². The van der Waals surface area contributed by atoms with Crippen molar-refractivity contribution in [3.63, 3.8) is 0 Å². The smallest absolute Gasteiger partial charge is 0.273 e. The summed E-state index contributed by atoms with van der Waals surface area (Å²) >= 11 is 0. The first-order chi connectivity index (χ1) is 7.93. The molecule has 0 saturated heterocycles. The van der Waals surface area contributed by atoms with Gasteiger partial charge in [-0.3, -0.25) is 9.63 Å². The minimum Gasteiger partial charge on any atom is -0.273 e. The van der Waals surface area contributed by atoms with Crippen molar-refractivity contribution >= 4 is 5.91 Å². The third-order valence-corrected chi connectivity index (χ3v) is 2.09. The van der Waals surface area contributed by atoms with E-state index in [9.17, 15) is 13.6 Å². The zero-order valence-corrected chi connectivity index (χ0v) is 10.0. The topological polar surface area (TPSA) is 38.3 Å². The van der Waals surface area contributed by atoms with E-state index in [1.807, 2.05) is 19.3 Å². The molecule has 1 N–H and O–H groups in total. The molecule has 1 aromatic rings. The lowest BCUT2D eigenvalue weighted by atomic mass is 10.1. The van der Waals surface area contributed by atoms with Gasteiger partial charge in [0.1, 0.15) is 17.2 Å². The summed E-state index contributed by atoms with van der Waals surface area (Å²) < 4.78 is 26.9. The van der Waals surface area contributed by atoms with Crippen LogP contribution in [0.15, 0.2) is 12.1 Å². The molecule has 0 aromatic heterocycles. The fourth-order valence-electron chi connectivity index (χ4n) is 1.19. The first-order valence-corrected chi connectivity index (χ1v) is 5.30. The van der Waals surface area contributed by atoms with Gasteiger partial charge in [0, 0.05) is 0 Å². The molecule has 0 spiro atoms. The van der Waals surface area contributed by atoms with Crippen molar-refractivity contribution in [1.82, 2.24) is 5.48 Å². The van der Waals surface area contributed by atoms with Crippen LogP contribution in [0.25, 0.3) is 0 Å². The molecule has 5 heteroatoms. The molecular formula is C12H15F2NO2. The molecule has 0 aliphatic carbocycles. The Kier molecular flexibility index (Phi) is 4.57. The Morgan fingerprint density at radius 3 is 2.65 bits per heavy atom. The second-order valence-electron chi connectivity index (χ2n) is 4.19. The maximum Gasteiger partial charge on any atom is 0.280 e. The molecule has 1 rings (SSSR count). The van der Waals surface area contributed by atoms with Crippen molar-refractivity contribution in [3.05, 3.63) is 34.9 Å². The van der Waals surface area contributed by atoms with Crippen LogP contribution < -0.4 is 5.48 Å². The van der Waals surface area contributed by atoms with Crippen LogP contribution in [0.3, 0.4) is 0 Å². The van der Waals surface area contributed by atoms with Gasteiger partial charge in [-0.05, 0) is 24.5 Å². The number of aryl methyl sites for hydroxylation is 1. The third-order valence-electron chi connectivity index (χ3n) is 2.09. The van der Waals surface area contributed by atoms with E-state index in [2.05, 4.69) is 0 Å². The minimum atomic E-state index is -0.913. The van der Waals surface area contributed by atoms with Crippen LogP contribution >= 0.6 is 0 Å². The standard InChI is InChI=1S/C12H15F2NO2/c1-7(2)6-17-15-12(16)10-9(13)5-4-8(3)11(10)14/h4-5,7H,6H2,1-3H3,(H,15,16). The van der Waals surface area contributed by atoms with Gasteiger partial charge in [-0.2, -0.15) is 0 Å². The predicted molar refractivity (Wildman–Crippen MR) is 59.4 cm³/mol. The van der Waals surface area contributed by atoms with Crippen LogP contribution in [-0.4, -0.2) is 12.5 Å². The number of carbonyl (C=O) groups excluding carboxylic acids is 1. The number of carbonyl (C=O) groups is 1. The van der Waals surface area contributed by atoms with Crippen LogP contribution in [0.1, 0.15) is 29.8 Å². The Hall–Kier alpha value is -1.49. The van der Waals surface area contributed by atoms with Gasteiger partial charge in [-0.15, -0.1) is 0 Å². The number of rotatable bonds is 4. The first-order valence-electron chi connectivity index (χ1n) is 5.30. The van der Waals surface area contributed by atoms with Gasteiger partial charge in [-0.1, -0.05) is 19.9 Å². The van der Waals surface area contributed by atoms with E-state index < -0.39 is 23.1 Å². The number of amides is 1. The molecule has 0 unspecified atom stereocenters. The van der Waals surface area contributed by atoms with Crippen LogP contribution in [0, 0.1) is 24.5 Å². The number of hydrogen-bond acceptors (Lipinski definition) is 2. The SMILES string of the molecule is Cc1ccc(F)c(C(=O)NOCC(C)C)c1F. The molecule has 1 aromatic carbocycles. The van der Waals surface area contributed by atoms with E-state index >= 15 is 0 Å². The summed E-state index contributed by atoms with van der Waals surface area (Å²) in [6, 6.07) is 2.33. The Bertz CT molecular complexity index is 419. The molecule has 94 valence electrons. The lowest BCUT2D eigenvalue weighted by Gasteiger charge is -2.09. The number of hydroxylamine groups is 1. The molecule has 17 heavy (non-hydrogen) atoms. The molecule has 0 atom stereocenters. The quantitative estimate of drug-likeness (QED) is 0.825. The third kappa shape index (κ3) is 3.49. The van der Waals surface area contributed by atoms with E-state index in [1.54, 1.807) is 0 Å². The highest BCUT2D eigenvalue weighted by Crippen LogP contribution is 2.16. The summed E-state index contributed by atoms with van der Waals surface area (Å²) in [4.78, 5) is 16.3. The summed E-state index contributed by atoms with van der Waals surface area (Å²) in [5.41, 5.74) is 1.61. The lowest BCUT2D eigenvalue weighted by Crippen LogP contribution is -2.27. The van der Waals surface area contributed by atoms with Gasteiger partial charge in [0.05, 0.1) is 6.61 Å². The Morgan fingerprint density at radius 2 is 2.06 bits per heavy atom. The van der Waals surface area contributed by atoms with Gasteiger partial charge in [0.15, 0.2) is 0 Å². The van der Waals surface area contributed by atoms with Gasteiger partial charge in [0.25, 0.3) is 5.91 Å². The van der Waals surface area contributed by atoms with Crippen molar-refractivity contribution in [3.8, 4) is 0 Å². The highest BCUT2D eigenvalue weighted by molar-refractivity contribution is 5.94. The maximum atomic E-state index is 13.5. The number of hydrogen-bond donors (Lipinski definition) is 1. The summed E-state index contributed by atoms with van der Waals surface area (Å²) in [7, 11) is 0. The molecular weight excluding hydrogens is 228 g/mol. The van der Waals surface area contributed by atoms with Crippen molar-refractivity contribution in [2.45, 2.75) is 20.8 Å². The zero-order chi connectivity index (χ0) is 13.0. The van der Waals surface area contributed by atoms with Crippen molar-refractivity contribution < 1.29 is 18.4 Å². The average molecular weight is 243 g/mol. The van der Waals surface area contributed by atoms with Crippen molar-refractivity contribution in [2.24, 2.45) is 5.92 Å². The van der Waals surface area contributed by atoms with E-state index in [1.165, 1.54) is 13.0 Å². The molecule has 3 nitrogen and oxygen atoms in total. The maximum absolute atomic E-state index is 13.5. The van der Waals surface area contributed by atoms with Crippen LogP contribution in [0.5, 0.6) is 0 Å². The molecule has 0 aliphatic heterocycles. The monoisotopic (exact) mass is 243 g/mol. The Morgan fingerprint density at radius 1 is 1.41 bits per heavy atom. The van der Waals surface area contributed by atoms with Crippen LogP contribution in [-0.2, 0) is 4.84 Å². The van der Waals surface area contributed by atoms with Crippen LogP contribution in [0.2, 0.25) is 0 Å². The molecule has 0 saturated carbocycles. The molecule has 0 fully saturated rings. The van der Waals surface area contributed by atoms with E-state index in [4.69, 9.17) is 4.84 Å². The van der Waals surface area contributed by atoms with E-state index in [-0.39, 0.29) is 18.1 Å². The zero-order valence-electron chi connectivity index (χ0n) is 10.0. The number of halogens is 2. The average Bonchev–Trinajstić information content (AvgIpc) is 2.23. The number of benzene rings is 1. The van der Waals surface area contributed by atoms with Gasteiger partial charge >= 0.3 is 0 Å². The van der Waals surface area contributed by atoms with E-state index in [0.717, 1.165) is 6.07 Å². The molecule has 0 radical (unpaired) electrons. The summed E-state index contributed by atoms with van der Waals surface area (Å²) in [5.74, 6) is -2.47. The summed E-state index contributed by atoms with van der Waals surface area (Å²) in [6.07, 6.45) is 0. The fraction of sp³-hybridized carbons (Fsp3) is 0.417. The van der Waals surface area contributed by atoms with E-state index in [0.29, 0.717) is 0 Å². The fourth-order valence-corrected chi connectivity index (χ4v) is 1.19. The lowest BCUT2D eigenvalue weighted by molar-refractivity contribution is 0.0202. The Balaban J connectivity index is 2.79. The molecule has 0 aliphatic rings. The number of nitrogens with one attached hydrogen (secondary N) is 1. The molecule has 0 heterocycles. The Labute approximate surface area is 98.7 Å². The summed E-state index contributed by atoms with van der Waals surface area (Å²) in [6.45, 7) is 5.52. The second kappa shape index (κ2) is 5.72. The normalized spacial score (nSPS) is 10.7. The van der Waals surface area contributed by atoms with Crippen molar-refractivity contribution in [1.29, 1.82) is 0 Å². The molecule has 1 amide bonds. The highest BCUT2D eigenvalue weighted by Gasteiger charge is 2.19. The first kappa shape index (κ1) is 13.6. The summed E-state index contributed by atoms with van der Waals surface area (Å²) in [5, 5.41) is 0. The molecule has 0 bridgehead atoms. The van der Waals surface area contributed by atoms with Gasteiger partial charge < -0.3 is 0 Å². The largest absolute Gasteiger partial charge is 0.280 e. The van der Waals surface area contributed by atoms with Crippen LogP contribution in [0.4, 0.5) is 8.78 Å². The minimum absolute atomic E-state index is 0.209. The second-order valence-corrected chi connectivity index (χ2v) is 4.19. The van der Waals surface area contributed by atoms with Gasteiger partial charge in [0.2, 0.25) is 0 Å².